The van der Waals surface area contributed by atoms with Gasteiger partial charge in [-0.3, -0.25) is 4.98 Å². The van der Waals surface area contributed by atoms with Gasteiger partial charge in [-0.1, -0.05) is 11.6 Å². The van der Waals surface area contributed by atoms with Gasteiger partial charge in [0.05, 0.1) is 16.6 Å². The highest BCUT2D eigenvalue weighted by molar-refractivity contribution is 7.16. The van der Waals surface area contributed by atoms with Crippen molar-refractivity contribution in [3.05, 3.63) is 44.4 Å². The van der Waals surface area contributed by atoms with Gasteiger partial charge in [0.15, 0.2) is 0 Å². The molecule has 0 aliphatic carbocycles. The van der Waals surface area contributed by atoms with E-state index in [1.807, 2.05) is 12.1 Å². The molecule has 108 valence electrons. The second kappa shape index (κ2) is 7.04. The molecular formula is C14H17ClN2O2S. The van der Waals surface area contributed by atoms with Crippen LogP contribution in [0.1, 0.15) is 21.7 Å². The minimum atomic E-state index is -0.127. The first-order valence-corrected chi connectivity index (χ1v) is 7.53. The lowest BCUT2D eigenvalue weighted by atomic mass is 10.1. The third-order valence-corrected chi connectivity index (χ3v) is 4.37. The number of nitrogens with one attached hydrogen (secondary N) is 1. The molecular weight excluding hydrogens is 296 g/mol. The fourth-order valence-corrected chi connectivity index (χ4v) is 3.02. The number of aliphatic hydroxyl groups excluding tert-OH is 1. The summed E-state index contributed by atoms with van der Waals surface area (Å²) < 4.78 is 0.796. The van der Waals surface area contributed by atoms with Crippen LogP contribution in [0.5, 0.6) is 5.75 Å². The number of rotatable bonds is 6. The molecule has 0 radical (unpaired) electrons. The van der Waals surface area contributed by atoms with Crippen molar-refractivity contribution in [1.29, 1.82) is 0 Å². The molecule has 2 rings (SSSR count). The van der Waals surface area contributed by atoms with Crippen LogP contribution in [0.2, 0.25) is 4.34 Å². The zero-order valence-corrected chi connectivity index (χ0v) is 12.8. The molecule has 0 atom stereocenters. The Balaban J connectivity index is 1.92. The Hall–Kier alpha value is -1.14. The summed E-state index contributed by atoms with van der Waals surface area (Å²) in [6.07, 6.45) is 2.49. The standard InChI is InChI=1S/C14H17ClN2O2S/c1-9-14(19)12(10(8-18)6-17-9)7-16-5-4-11-2-3-13(15)20-11/h2-3,6,16,18-19H,4-5,7-8H2,1H3. The van der Waals surface area contributed by atoms with E-state index < -0.39 is 0 Å². The Bertz CT molecular complexity index is 587. The number of aliphatic hydroxyl groups is 1. The lowest BCUT2D eigenvalue weighted by molar-refractivity contribution is 0.278. The minimum absolute atomic E-state index is 0.127. The van der Waals surface area contributed by atoms with E-state index in [9.17, 15) is 10.2 Å². The third-order valence-electron chi connectivity index (χ3n) is 3.08. The highest BCUT2D eigenvalue weighted by Crippen LogP contribution is 2.24. The van der Waals surface area contributed by atoms with Crippen molar-refractivity contribution in [2.45, 2.75) is 26.5 Å². The molecule has 2 aromatic rings. The maximum absolute atomic E-state index is 10.0. The number of hydrogen-bond acceptors (Lipinski definition) is 5. The molecule has 0 unspecified atom stereocenters. The summed E-state index contributed by atoms with van der Waals surface area (Å²) in [4.78, 5) is 5.26. The highest BCUT2D eigenvalue weighted by atomic mass is 35.5. The zero-order valence-electron chi connectivity index (χ0n) is 11.2. The zero-order chi connectivity index (χ0) is 14.5. The topological polar surface area (TPSA) is 65.4 Å². The summed E-state index contributed by atoms with van der Waals surface area (Å²) >= 11 is 7.45. The van der Waals surface area contributed by atoms with Crippen molar-refractivity contribution in [2.75, 3.05) is 6.54 Å². The SMILES string of the molecule is Cc1ncc(CO)c(CNCCc2ccc(Cl)s2)c1O. The van der Waals surface area contributed by atoms with E-state index >= 15 is 0 Å². The van der Waals surface area contributed by atoms with Crippen molar-refractivity contribution >= 4 is 22.9 Å². The van der Waals surface area contributed by atoms with Gasteiger partial charge < -0.3 is 15.5 Å². The van der Waals surface area contributed by atoms with Gasteiger partial charge in [0.2, 0.25) is 0 Å². The second-order valence-electron chi connectivity index (χ2n) is 4.49. The van der Waals surface area contributed by atoms with Crippen molar-refractivity contribution in [3.63, 3.8) is 0 Å². The van der Waals surface area contributed by atoms with E-state index in [0.29, 0.717) is 23.4 Å². The Labute approximate surface area is 127 Å². The molecule has 0 saturated carbocycles. The predicted octanol–water partition coefficient (Wildman–Crippen LogP) is 2.64. The van der Waals surface area contributed by atoms with Gasteiger partial charge in [-0.25, -0.2) is 0 Å². The summed E-state index contributed by atoms with van der Waals surface area (Å²) in [7, 11) is 0. The van der Waals surface area contributed by atoms with Crippen LogP contribution < -0.4 is 5.32 Å². The van der Waals surface area contributed by atoms with Gasteiger partial charge >= 0.3 is 0 Å². The molecule has 20 heavy (non-hydrogen) atoms. The first kappa shape index (κ1) is 15.3. The molecule has 0 fully saturated rings. The van der Waals surface area contributed by atoms with Gasteiger partial charge in [-0.15, -0.1) is 11.3 Å². The summed E-state index contributed by atoms with van der Waals surface area (Å²) in [5.74, 6) is 0.156. The quantitative estimate of drug-likeness (QED) is 0.717. The lowest BCUT2D eigenvalue weighted by Gasteiger charge is -2.12. The van der Waals surface area contributed by atoms with Gasteiger partial charge in [-0.2, -0.15) is 0 Å². The fourth-order valence-electron chi connectivity index (χ4n) is 1.93. The fraction of sp³-hybridized carbons (Fsp3) is 0.357. The largest absolute Gasteiger partial charge is 0.506 e. The van der Waals surface area contributed by atoms with Crippen LogP contribution in [-0.4, -0.2) is 21.7 Å². The molecule has 6 heteroatoms. The molecule has 0 aliphatic heterocycles. The molecule has 0 amide bonds. The van der Waals surface area contributed by atoms with E-state index in [4.69, 9.17) is 11.6 Å². The predicted molar refractivity (Wildman–Crippen MR) is 81.3 cm³/mol. The normalized spacial score (nSPS) is 10.9. The van der Waals surface area contributed by atoms with Crippen LogP contribution in [0.3, 0.4) is 0 Å². The first-order chi connectivity index (χ1) is 9.61. The van der Waals surface area contributed by atoms with Crippen LogP contribution in [-0.2, 0) is 19.6 Å². The Morgan fingerprint density at radius 1 is 1.40 bits per heavy atom. The molecule has 0 bridgehead atoms. The highest BCUT2D eigenvalue weighted by Gasteiger charge is 2.10. The van der Waals surface area contributed by atoms with Crippen molar-refractivity contribution in [2.24, 2.45) is 0 Å². The maximum atomic E-state index is 10.0. The molecule has 0 saturated heterocycles. The average molecular weight is 313 g/mol. The smallest absolute Gasteiger partial charge is 0.141 e. The molecule has 0 aliphatic rings. The van der Waals surface area contributed by atoms with Gasteiger partial charge in [0.1, 0.15) is 5.75 Å². The summed E-state index contributed by atoms with van der Waals surface area (Å²) in [6.45, 7) is 2.90. The maximum Gasteiger partial charge on any atom is 0.141 e. The monoisotopic (exact) mass is 312 g/mol. The van der Waals surface area contributed by atoms with Gasteiger partial charge in [0, 0.05) is 35.3 Å². The number of aromatic hydroxyl groups is 1. The van der Waals surface area contributed by atoms with E-state index in [-0.39, 0.29) is 12.4 Å². The molecule has 2 heterocycles. The van der Waals surface area contributed by atoms with Crippen LogP contribution in [0.25, 0.3) is 0 Å². The summed E-state index contributed by atoms with van der Waals surface area (Å²) in [5.41, 5.74) is 1.94. The molecule has 4 nitrogen and oxygen atoms in total. The molecule has 2 aromatic heterocycles. The van der Waals surface area contributed by atoms with Crippen LogP contribution in [0, 0.1) is 6.92 Å². The summed E-state index contributed by atoms with van der Waals surface area (Å²) in [5, 5.41) is 22.5. The average Bonchev–Trinajstić information content (AvgIpc) is 2.85. The minimum Gasteiger partial charge on any atom is -0.506 e. The van der Waals surface area contributed by atoms with Crippen molar-refractivity contribution in [3.8, 4) is 5.75 Å². The second-order valence-corrected chi connectivity index (χ2v) is 6.29. The van der Waals surface area contributed by atoms with Crippen LogP contribution in [0.4, 0.5) is 0 Å². The Kier molecular flexibility index (Phi) is 5.37. The van der Waals surface area contributed by atoms with E-state index in [2.05, 4.69) is 10.3 Å². The Morgan fingerprint density at radius 3 is 2.85 bits per heavy atom. The number of aromatic nitrogens is 1. The molecule has 0 spiro atoms. The lowest BCUT2D eigenvalue weighted by Crippen LogP contribution is -2.18. The molecule has 3 N–H and O–H groups in total. The number of pyridine rings is 1. The number of thiophene rings is 1. The Morgan fingerprint density at radius 2 is 2.20 bits per heavy atom. The third kappa shape index (κ3) is 3.70. The number of nitrogens with zero attached hydrogens (tertiary/aromatic N) is 1. The first-order valence-electron chi connectivity index (χ1n) is 6.34. The van der Waals surface area contributed by atoms with E-state index in [0.717, 1.165) is 17.3 Å². The van der Waals surface area contributed by atoms with Gasteiger partial charge in [0.25, 0.3) is 0 Å². The van der Waals surface area contributed by atoms with E-state index in [1.165, 1.54) is 4.88 Å². The number of halogens is 1. The van der Waals surface area contributed by atoms with Crippen LogP contribution >= 0.6 is 22.9 Å². The number of hydrogen-bond donors (Lipinski definition) is 3. The van der Waals surface area contributed by atoms with Gasteiger partial charge in [-0.05, 0) is 25.5 Å². The summed E-state index contributed by atoms with van der Waals surface area (Å²) in [6, 6.07) is 3.91. The van der Waals surface area contributed by atoms with Crippen molar-refractivity contribution < 1.29 is 10.2 Å². The van der Waals surface area contributed by atoms with Crippen LogP contribution in [0.15, 0.2) is 18.3 Å². The number of aryl methyl sites for hydroxylation is 1. The van der Waals surface area contributed by atoms with E-state index in [1.54, 1.807) is 24.5 Å². The molecule has 0 aromatic carbocycles. The van der Waals surface area contributed by atoms with Crippen molar-refractivity contribution in [1.82, 2.24) is 10.3 Å².